The van der Waals surface area contributed by atoms with E-state index in [2.05, 4.69) is 43.3 Å². The van der Waals surface area contributed by atoms with Crippen molar-refractivity contribution in [1.29, 1.82) is 0 Å². The summed E-state index contributed by atoms with van der Waals surface area (Å²) >= 11 is 7.90. The fourth-order valence-corrected chi connectivity index (χ4v) is 6.02. The van der Waals surface area contributed by atoms with Gasteiger partial charge in [0.05, 0.1) is 10.9 Å². The van der Waals surface area contributed by atoms with Crippen molar-refractivity contribution in [1.82, 2.24) is 25.1 Å². The van der Waals surface area contributed by atoms with Gasteiger partial charge in [0.1, 0.15) is 12.1 Å². The van der Waals surface area contributed by atoms with Crippen molar-refractivity contribution in [2.75, 3.05) is 19.6 Å². The lowest BCUT2D eigenvalue weighted by Crippen LogP contribution is -2.29. The van der Waals surface area contributed by atoms with Gasteiger partial charge in [0.15, 0.2) is 5.82 Å². The first kappa shape index (κ1) is 23.8. The molecule has 2 atom stereocenters. The molecule has 5 rings (SSSR count). The van der Waals surface area contributed by atoms with E-state index >= 15 is 0 Å². The first-order valence-corrected chi connectivity index (χ1v) is 12.8. The fourth-order valence-electron chi connectivity index (χ4n) is 4.76. The van der Waals surface area contributed by atoms with Crippen molar-refractivity contribution in [3.8, 4) is 21.1 Å². The Balaban J connectivity index is 1.63. The van der Waals surface area contributed by atoms with Crippen molar-refractivity contribution in [3.05, 3.63) is 76.8 Å². The van der Waals surface area contributed by atoms with E-state index in [1.165, 1.54) is 11.9 Å². The molecule has 9 heteroatoms. The van der Waals surface area contributed by atoms with E-state index in [-0.39, 0.29) is 11.8 Å². The monoisotopic (exact) mass is 506 g/mol. The normalized spacial score (nSPS) is 17.1. The Morgan fingerprint density at radius 3 is 2.77 bits per heavy atom. The molecule has 0 bridgehead atoms. The van der Waals surface area contributed by atoms with Gasteiger partial charge in [0, 0.05) is 34.8 Å². The third kappa shape index (κ3) is 5.21. The Hall–Kier alpha value is -2.91. The maximum Gasteiger partial charge on any atom is 0.165 e. The van der Waals surface area contributed by atoms with Crippen LogP contribution in [0.25, 0.3) is 21.1 Å². The fraction of sp³-hybridized carbons (Fsp3) is 0.308. The Kier molecular flexibility index (Phi) is 7.06. The maximum absolute atomic E-state index is 11.7. The molecule has 0 amide bonds. The zero-order valence-electron chi connectivity index (χ0n) is 19.4. The minimum atomic E-state index is 0.0208. The number of hydrogen-bond acceptors (Lipinski definition) is 7. The molecular weight excluding hydrogens is 480 g/mol. The van der Waals surface area contributed by atoms with Crippen LogP contribution < -0.4 is 5.73 Å². The number of pyridine rings is 1. The molecule has 180 valence electrons. The van der Waals surface area contributed by atoms with Crippen molar-refractivity contribution in [3.63, 3.8) is 0 Å². The predicted octanol–water partition coefficient (Wildman–Crippen LogP) is 4.75. The molecule has 1 aliphatic heterocycles. The summed E-state index contributed by atoms with van der Waals surface area (Å²) in [5.74, 6) is 1.31. The van der Waals surface area contributed by atoms with Gasteiger partial charge in [-0.25, -0.2) is 4.98 Å². The van der Waals surface area contributed by atoms with Gasteiger partial charge in [0.2, 0.25) is 0 Å². The molecule has 2 unspecified atom stereocenters. The van der Waals surface area contributed by atoms with Gasteiger partial charge in [0.25, 0.3) is 0 Å². The average Bonchev–Trinajstić information content (AvgIpc) is 3.61. The molecule has 0 radical (unpaired) electrons. The molecule has 3 aromatic heterocycles. The number of ketones is 1. The first-order valence-electron chi connectivity index (χ1n) is 11.7. The van der Waals surface area contributed by atoms with E-state index in [4.69, 9.17) is 17.3 Å². The number of likely N-dealkylation sites (tertiary alicyclic amines) is 1. The van der Waals surface area contributed by atoms with E-state index in [1.54, 1.807) is 24.5 Å². The van der Waals surface area contributed by atoms with Crippen LogP contribution in [0.1, 0.15) is 36.2 Å². The van der Waals surface area contributed by atoms with Gasteiger partial charge in [-0.15, -0.1) is 11.3 Å². The van der Waals surface area contributed by atoms with Crippen LogP contribution in [0.15, 0.2) is 55.0 Å². The van der Waals surface area contributed by atoms with Gasteiger partial charge in [-0.2, -0.15) is 5.10 Å². The van der Waals surface area contributed by atoms with Crippen LogP contribution in [0.2, 0.25) is 5.02 Å². The number of nitrogens with two attached hydrogens (primary N) is 1. The van der Waals surface area contributed by atoms with Crippen molar-refractivity contribution in [2.24, 2.45) is 11.7 Å². The lowest BCUT2D eigenvalue weighted by molar-refractivity contribution is -0.116. The number of aromatic amines is 1. The summed E-state index contributed by atoms with van der Waals surface area (Å²) in [5.41, 5.74) is 10.2. The number of benzene rings is 1. The zero-order chi connectivity index (χ0) is 24.4. The van der Waals surface area contributed by atoms with Gasteiger partial charge in [-0.1, -0.05) is 23.7 Å². The largest absolute Gasteiger partial charge is 0.330 e. The Morgan fingerprint density at radius 2 is 2.09 bits per heavy atom. The zero-order valence-corrected chi connectivity index (χ0v) is 21.0. The second kappa shape index (κ2) is 10.4. The lowest BCUT2D eigenvalue weighted by Gasteiger charge is -2.29. The lowest BCUT2D eigenvalue weighted by atomic mass is 9.96. The summed E-state index contributed by atoms with van der Waals surface area (Å²) < 4.78 is 0. The van der Waals surface area contributed by atoms with E-state index in [0.29, 0.717) is 23.9 Å². The number of nitrogens with zero attached hydrogens (tertiary/aromatic N) is 4. The molecule has 3 N–H and O–H groups in total. The van der Waals surface area contributed by atoms with Crippen LogP contribution in [-0.4, -0.2) is 50.5 Å². The second-order valence-electron chi connectivity index (χ2n) is 8.98. The molecule has 4 heterocycles. The molecule has 1 fully saturated rings. The summed E-state index contributed by atoms with van der Waals surface area (Å²) in [6.45, 7) is 4.17. The van der Waals surface area contributed by atoms with E-state index in [0.717, 1.165) is 51.9 Å². The van der Waals surface area contributed by atoms with E-state index in [1.807, 2.05) is 24.3 Å². The van der Waals surface area contributed by atoms with Crippen LogP contribution in [-0.2, 0) is 11.2 Å². The summed E-state index contributed by atoms with van der Waals surface area (Å²) in [6.07, 6.45) is 4.70. The number of Topliss-reactive ketones (excluding diaryl/α,β-unsaturated/α-hetero) is 1. The van der Waals surface area contributed by atoms with E-state index < -0.39 is 0 Å². The summed E-state index contributed by atoms with van der Waals surface area (Å²) in [4.78, 5) is 25.2. The minimum Gasteiger partial charge on any atom is -0.330 e. The highest BCUT2D eigenvalue weighted by atomic mass is 35.5. The number of nitrogens with one attached hydrogen (secondary N) is 1. The van der Waals surface area contributed by atoms with Gasteiger partial charge >= 0.3 is 0 Å². The van der Waals surface area contributed by atoms with Crippen molar-refractivity contribution >= 4 is 28.7 Å². The average molecular weight is 507 g/mol. The molecule has 0 aliphatic carbocycles. The number of carbonyl (C=O) groups is 1. The Labute approximate surface area is 213 Å². The van der Waals surface area contributed by atoms with Gasteiger partial charge in [-0.3, -0.25) is 19.8 Å². The number of halogens is 1. The third-order valence-corrected chi connectivity index (χ3v) is 7.88. The molecule has 1 aliphatic rings. The smallest absolute Gasteiger partial charge is 0.165 e. The number of hydrogen-bond donors (Lipinski definition) is 2. The standard InChI is InChI=1S/C26H27ClN6OS/c1-16(34)10-21-11-19(6-8-29-21)23-12-22(25(35-23)26-30-15-31-32-26)24(18-2-4-20(27)5-3-18)33-9-7-17(13-28)14-33/h2-6,8,11-12,15,17,24H,7,9-10,13-14,28H2,1H3,(H,30,31,32). The van der Waals surface area contributed by atoms with Crippen molar-refractivity contribution < 1.29 is 4.79 Å². The highest BCUT2D eigenvalue weighted by Gasteiger charge is 2.33. The Morgan fingerprint density at radius 1 is 1.26 bits per heavy atom. The molecule has 7 nitrogen and oxygen atoms in total. The molecule has 35 heavy (non-hydrogen) atoms. The molecule has 0 saturated carbocycles. The second-order valence-corrected chi connectivity index (χ2v) is 10.5. The summed E-state index contributed by atoms with van der Waals surface area (Å²) in [6, 6.07) is 14.3. The van der Waals surface area contributed by atoms with Crippen LogP contribution in [0, 0.1) is 5.92 Å². The maximum atomic E-state index is 11.7. The third-order valence-electron chi connectivity index (χ3n) is 6.42. The summed E-state index contributed by atoms with van der Waals surface area (Å²) in [7, 11) is 0. The number of rotatable bonds is 8. The van der Waals surface area contributed by atoms with Crippen LogP contribution in [0.5, 0.6) is 0 Å². The minimum absolute atomic E-state index is 0.0208. The van der Waals surface area contributed by atoms with Gasteiger partial charge in [-0.05, 0) is 79.4 Å². The molecule has 0 spiro atoms. The van der Waals surface area contributed by atoms with Crippen LogP contribution >= 0.6 is 22.9 Å². The molecular formula is C26H27ClN6OS. The van der Waals surface area contributed by atoms with Crippen molar-refractivity contribution in [2.45, 2.75) is 25.8 Å². The number of aromatic nitrogens is 4. The van der Waals surface area contributed by atoms with Crippen LogP contribution in [0.4, 0.5) is 0 Å². The summed E-state index contributed by atoms with van der Waals surface area (Å²) in [5, 5.41) is 7.88. The molecule has 4 aromatic rings. The Bertz CT molecular complexity index is 1300. The predicted molar refractivity (Wildman–Crippen MR) is 139 cm³/mol. The molecule has 1 saturated heterocycles. The van der Waals surface area contributed by atoms with E-state index in [9.17, 15) is 4.79 Å². The highest BCUT2D eigenvalue weighted by molar-refractivity contribution is 7.19. The number of thiophene rings is 1. The van der Waals surface area contributed by atoms with Gasteiger partial charge < -0.3 is 5.73 Å². The molecule has 1 aromatic carbocycles. The topological polar surface area (TPSA) is 101 Å². The number of H-pyrrole nitrogens is 1. The van der Waals surface area contributed by atoms with Crippen LogP contribution in [0.3, 0.4) is 0 Å². The quantitative estimate of drug-likeness (QED) is 0.357. The highest BCUT2D eigenvalue weighted by Crippen LogP contribution is 2.44. The number of carbonyl (C=O) groups excluding carboxylic acids is 1. The first-order chi connectivity index (χ1) is 17.0. The SMILES string of the molecule is CC(=O)Cc1cc(-c2cc(C(c3ccc(Cl)cc3)N3CCC(CN)C3)c(-c3ncn[nH]3)s2)ccn1.